The fourth-order valence-corrected chi connectivity index (χ4v) is 3.63. The Balaban J connectivity index is 1.38. The van der Waals surface area contributed by atoms with Crippen LogP contribution in [-0.4, -0.2) is 0 Å². The lowest BCUT2D eigenvalue weighted by Crippen LogP contribution is -2.02. The monoisotopic (exact) mass is 424 g/mol. The molecule has 0 saturated heterocycles. The molecular formula is C28H28N2O2. The Bertz CT molecular complexity index is 1120. The number of hydrogen-bond donors (Lipinski definition) is 2. The molecular weight excluding hydrogens is 396 g/mol. The summed E-state index contributed by atoms with van der Waals surface area (Å²) >= 11 is 0. The van der Waals surface area contributed by atoms with E-state index in [4.69, 9.17) is 20.9 Å². The molecule has 4 aromatic rings. The molecule has 0 saturated carbocycles. The van der Waals surface area contributed by atoms with Gasteiger partial charge in [0, 0.05) is 11.4 Å². The van der Waals surface area contributed by atoms with Crippen molar-refractivity contribution >= 4 is 11.4 Å². The highest BCUT2D eigenvalue weighted by Crippen LogP contribution is 2.29. The average molecular weight is 425 g/mol. The third kappa shape index (κ3) is 5.61. The quantitative estimate of drug-likeness (QED) is 0.294. The molecule has 0 radical (unpaired) electrons. The van der Waals surface area contributed by atoms with E-state index in [-0.39, 0.29) is 0 Å². The molecule has 4 N–H and O–H groups in total. The lowest BCUT2D eigenvalue weighted by molar-refractivity contribution is 0.481. The predicted molar refractivity (Wildman–Crippen MR) is 131 cm³/mol. The smallest absolute Gasteiger partial charge is 0.127 e. The fourth-order valence-electron chi connectivity index (χ4n) is 3.63. The summed E-state index contributed by atoms with van der Waals surface area (Å²) in [5.74, 6) is 3.62. The van der Waals surface area contributed by atoms with Crippen LogP contribution in [0, 0.1) is 0 Å². The van der Waals surface area contributed by atoms with Crippen LogP contribution in [0.1, 0.15) is 30.4 Å². The van der Waals surface area contributed by atoms with Gasteiger partial charge in [0.2, 0.25) is 0 Å². The summed E-state index contributed by atoms with van der Waals surface area (Å²) in [5.41, 5.74) is 15.5. The minimum absolute atomic E-state index is 0.435. The maximum Gasteiger partial charge on any atom is 0.127 e. The van der Waals surface area contributed by atoms with Crippen molar-refractivity contribution in [2.45, 2.75) is 25.7 Å². The van der Waals surface area contributed by atoms with Crippen molar-refractivity contribution in [1.29, 1.82) is 0 Å². The molecule has 0 heterocycles. The Morgan fingerprint density at radius 3 is 1.34 bits per heavy atom. The Morgan fingerprint density at radius 1 is 0.562 bits per heavy atom. The maximum absolute atomic E-state index is 5.91. The normalized spacial score (nSPS) is 11.7. The second-order valence-corrected chi connectivity index (χ2v) is 7.86. The van der Waals surface area contributed by atoms with E-state index in [9.17, 15) is 0 Å². The first kappa shape index (κ1) is 21.3. The third-order valence-electron chi connectivity index (χ3n) is 5.48. The molecule has 0 aromatic heterocycles. The van der Waals surface area contributed by atoms with Crippen LogP contribution in [0.25, 0.3) is 0 Å². The standard InChI is InChI=1S/C28H28N2O2/c1-2-21(22-5-13-26(14-6-22)32-28-17-9-24(30)10-18-28)19-20-3-11-25(12-4-20)31-27-15-7-23(29)8-16-27/h3-18,21H,2,19,29-30H2,1H3. The van der Waals surface area contributed by atoms with Gasteiger partial charge in [0.05, 0.1) is 0 Å². The first-order valence-corrected chi connectivity index (χ1v) is 10.8. The van der Waals surface area contributed by atoms with Gasteiger partial charge in [-0.2, -0.15) is 0 Å². The molecule has 4 nitrogen and oxygen atoms in total. The highest BCUT2D eigenvalue weighted by molar-refractivity contribution is 5.44. The lowest BCUT2D eigenvalue weighted by Gasteiger charge is -2.17. The van der Waals surface area contributed by atoms with E-state index in [0.717, 1.165) is 47.2 Å². The van der Waals surface area contributed by atoms with E-state index in [1.807, 2.05) is 72.8 Å². The third-order valence-corrected chi connectivity index (χ3v) is 5.48. The first-order chi connectivity index (χ1) is 15.6. The van der Waals surface area contributed by atoms with E-state index in [1.165, 1.54) is 11.1 Å². The molecule has 0 aliphatic carbocycles. The summed E-state index contributed by atoms with van der Waals surface area (Å²) in [4.78, 5) is 0. The minimum atomic E-state index is 0.435. The van der Waals surface area contributed by atoms with Gasteiger partial charge in [-0.3, -0.25) is 0 Å². The van der Waals surface area contributed by atoms with Gasteiger partial charge in [0.1, 0.15) is 23.0 Å². The number of hydrogen-bond acceptors (Lipinski definition) is 4. The topological polar surface area (TPSA) is 70.5 Å². The van der Waals surface area contributed by atoms with Gasteiger partial charge in [-0.05, 0) is 103 Å². The average Bonchev–Trinajstić information content (AvgIpc) is 2.82. The Morgan fingerprint density at radius 2 is 0.938 bits per heavy atom. The van der Waals surface area contributed by atoms with Crippen molar-refractivity contribution in [3.8, 4) is 23.0 Å². The highest BCUT2D eigenvalue weighted by Gasteiger charge is 2.11. The van der Waals surface area contributed by atoms with Crippen molar-refractivity contribution in [3.05, 3.63) is 108 Å². The van der Waals surface area contributed by atoms with Crippen LogP contribution in [0.5, 0.6) is 23.0 Å². The van der Waals surface area contributed by atoms with E-state index in [2.05, 4.69) is 31.2 Å². The van der Waals surface area contributed by atoms with Gasteiger partial charge in [-0.1, -0.05) is 31.2 Å². The Kier molecular flexibility index (Phi) is 6.61. The Hall–Kier alpha value is -3.92. The summed E-state index contributed by atoms with van der Waals surface area (Å²) in [6, 6.07) is 31.5. The number of anilines is 2. The van der Waals surface area contributed by atoms with Crippen molar-refractivity contribution in [2.75, 3.05) is 11.5 Å². The summed E-state index contributed by atoms with van der Waals surface area (Å²) in [5, 5.41) is 0. The van der Waals surface area contributed by atoms with Gasteiger partial charge in [0.15, 0.2) is 0 Å². The largest absolute Gasteiger partial charge is 0.457 e. The Labute approximate surface area is 189 Å². The van der Waals surface area contributed by atoms with Crippen LogP contribution in [0.4, 0.5) is 11.4 Å². The maximum atomic E-state index is 5.91. The van der Waals surface area contributed by atoms with Gasteiger partial charge in [-0.15, -0.1) is 0 Å². The number of benzene rings is 4. The van der Waals surface area contributed by atoms with E-state index < -0.39 is 0 Å². The minimum Gasteiger partial charge on any atom is -0.457 e. The molecule has 162 valence electrons. The predicted octanol–water partition coefficient (Wildman–Crippen LogP) is 7.17. The van der Waals surface area contributed by atoms with Crippen LogP contribution in [0.2, 0.25) is 0 Å². The highest BCUT2D eigenvalue weighted by atomic mass is 16.5. The molecule has 0 aliphatic rings. The molecule has 0 amide bonds. The number of ether oxygens (including phenoxy) is 2. The van der Waals surface area contributed by atoms with Gasteiger partial charge in [0.25, 0.3) is 0 Å². The molecule has 32 heavy (non-hydrogen) atoms. The van der Waals surface area contributed by atoms with Crippen LogP contribution in [0.15, 0.2) is 97.1 Å². The van der Waals surface area contributed by atoms with Crippen LogP contribution in [0.3, 0.4) is 0 Å². The van der Waals surface area contributed by atoms with Crippen LogP contribution < -0.4 is 20.9 Å². The summed E-state index contributed by atoms with van der Waals surface area (Å²) < 4.78 is 11.8. The van der Waals surface area contributed by atoms with Crippen molar-refractivity contribution in [2.24, 2.45) is 0 Å². The molecule has 0 bridgehead atoms. The van der Waals surface area contributed by atoms with Crippen molar-refractivity contribution < 1.29 is 9.47 Å². The summed E-state index contributed by atoms with van der Waals surface area (Å²) in [6.45, 7) is 2.22. The summed E-state index contributed by atoms with van der Waals surface area (Å²) in [7, 11) is 0. The van der Waals surface area contributed by atoms with Crippen molar-refractivity contribution in [1.82, 2.24) is 0 Å². The lowest BCUT2D eigenvalue weighted by atomic mass is 9.90. The zero-order chi connectivity index (χ0) is 22.3. The second-order valence-electron chi connectivity index (χ2n) is 7.86. The number of rotatable bonds is 8. The molecule has 1 atom stereocenters. The fraction of sp³-hybridized carbons (Fsp3) is 0.143. The zero-order valence-electron chi connectivity index (χ0n) is 18.2. The number of nitrogens with two attached hydrogens (primary N) is 2. The molecule has 4 aromatic carbocycles. The van der Waals surface area contributed by atoms with E-state index >= 15 is 0 Å². The first-order valence-electron chi connectivity index (χ1n) is 10.8. The van der Waals surface area contributed by atoms with Gasteiger partial charge < -0.3 is 20.9 Å². The SMILES string of the molecule is CCC(Cc1ccc(Oc2ccc(N)cc2)cc1)c1ccc(Oc2ccc(N)cc2)cc1. The van der Waals surface area contributed by atoms with Gasteiger partial charge in [-0.25, -0.2) is 0 Å². The van der Waals surface area contributed by atoms with E-state index in [1.54, 1.807) is 0 Å². The second kappa shape index (κ2) is 9.92. The molecule has 4 heteroatoms. The van der Waals surface area contributed by atoms with Crippen LogP contribution >= 0.6 is 0 Å². The number of nitrogen functional groups attached to an aromatic ring is 2. The molecule has 0 aliphatic heterocycles. The summed E-state index contributed by atoms with van der Waals surface area (Å²) in [6.07, 6.45) is 2.03. The zero-order valence-corrected chi connectivity index (χ0v) is 18.2. The van der Waals surface area contributed by atoms with E-state index in [0.29, 0.717) is 5.92 Å². The van der Waals surface area contributed by atoms with Crippen molar-refractivity contribution in [3.63, 3.8) is 0 Å². The molecule has 4 rings (SSSR count). The van der Waals surface area contributed by atoms with Gasteiger partial charge >= 0.3 is 0 Å². The molecule has 0 spiro atoms. The molecule has 0 fully saturated rings. The molecule has 1 unspecified atom stereocenters. The van der Waals surface area contributed by atoms with Crippen LogP contribution in [-0.2, 0) is 6.42 Å².